The molecule has 0 unspecified atom stereocenters. The molecule has 0 heterocycles. The van der Waals surface area contributed by atoms with E-state index in [0.717, 1.165) is 82.0 Å². The molecule has 10 nitrogen and oxygen atoms in total. The van der Waals surface area contributed by atoms with Gasteiger partial charge in [-0.25, -0.2) is 16.8 Å². The van der Waals surface area contributed by atoms with Crippen molar-refractivity contribution >= 4 is 31.5 Å². The largest absolute Gasteiger partial charge is 0.388 e. The van der Waals surface area contributed by atoms with Crippen molar-refractivity contribution in [2.75, 3.05) is 26.2 Å². The summed E-state index contributed by atoms with van der Waals surface area (Å²) in [5.41, 5.74) is 2.80. The third-order valence-corrected chi connectivity index (χ3v) is 13.6. The Morgan fingerprint density at radius 3 is 1.29 bits per heavy atom. The minimum atomic E-state index is -4.05. The second-order valence-corrected chi connectivity index (χ2v) is 18.0. The van der Waals surface area contributed by atoms with Crippen LogP contribution in [0.25, 0.3) is 0 Å². The summed E-state index contributed by atoms with van der Waals surface area (Å²) in [5.74, 6) is -1.12. The Kier molecular flexibility index (Phi) is 17.7. The zero-order valence-electron chi connectivity index (χ0n) is 32.6. The molecule has 0 aromatic heterocycles. The molecule has 2 aliphatic carbocycles. The summed E-state index contributed by atoms with van der Waals surface area (Å²) in [5, 5.41) is 12.6. The van der Waals surface area contributed by atoms with Gasteiger partial charge in [-0.1, -0.05) is 88.8 Å². The van der Waals surface area contributed by atoms with Gasteiger partial charge in [-0.3, -0.25) is 9.59 Å². The van der Waals surface area contributed by atoms with E-state index in [1.807, 2.05) is 12.2 Å². The Bertz CT molecular complexity index is 1780. The van der Waals surface area contributed by atoms with Crippen LogP contribution in [0.5, 0.6) is 0 Å². The number of hydrogen-bond acceptors (Lipinski definition) is 8. The van der Waals surface area contributed by atoms with Crippen molar-refractivity contribution in [1.82, 2.24) is 21.3 Å². The Morgan fingerprint density at radius 2 is 0.909 bits per heavy atom. The number of carbonyl (C=O) groups excluding carboxylic acids is 2. The van der Waals surface area contributed by atoms with E-state index >= 15 is 0 Å². The molecule has 0 aliphatic heterocycles. The fourth-order valence-corrected chi connectivity index (χ4v) is 10.0. The van der Waals surface area contributed by atoms with E-state index in [0.29, 0.717) is 63.0 Å². The van der Waals surface area contributed by atoms with Gasteiger partial charge < -0.3 is 21.3 Å². The average Bonchev–Trinajstić information content (AvgIpc) is 3.18. The number of hydrogen-bond donors (Lipinski definition) is 4. The van der Waals surface area contributed by atoms with Gasteiger partial charge in [-0.15, -0.1) is 0 Å². The van der Waals surface area contributed by atoms with Crippen molar-refractivity contribution in [1.29, 1.82) is 0 Å². The zero-order chi connectivity index (χ0) is 39.5. The summed E-state index contributed by atoms with van der Waals surface area (Å²) in [6, 6.07) is 16.2. The predicted octanol–water partition coefficient (Wildman–Crippen LogP) is 7.54. The van der Waals surface area contributed by atoms with Gasteiger partial charge in [0.15, 0.2) is 0 Å². The van der Waals surface area contributed by atoms with Gasteiger partial charge in [0.25, 0.3) is 11.8 Å². The van der Waals surface area contributed by atoms with Gasteiger partial charge in [0, 0.05) is 37.6 Å². The second kappa shape index (κ2) is 22.4. The lowest BCUT2D eigenvalue weighted by molar-refractivity contribution is -0.117. The molecule has 0 atom stereocenters. The highest BCUT2D eigenvalue weighted by Gasteiger charge is 2.32. The van der Waals surface area contributed by atoms with Crippen LogP contribution in [-0.2, 0) is 29.3 Å². The fourth-order valence-electron chi connectivity index (χ4n) is 6.85. The summed E-state index contributed by atoms with van der Waals surface area (Å²) in [7, 11) is -8.10. The molecule has 0 saturated heterocycles. The minimum Gasteiger partial charge on any atom is -0.388 e. The second-order valence-electron chi connectivity index (χ2n) is 14.2. The van der Waals surface area contributed by atoms with Crippen molar-refractivity contribution < 1.29 is 26.4 Å². The van der Waals surface area contributed by atoms with Gasteiger partial charge in [-0.2, -0.15) is 0 Å². The number of amides is 2. The molecule has 2 aromatic carbocycles. The average molecular weight is 793 g/mol. The Morgan fingerprint density at radius 1 is 0.509 bits per heavy atom. The van der Waals surface area contributed by atoms with E-state index in [2.05, 4.69) is 35.1 Å². The Hall–Kier alpha value is -4.16. The quantitative estimate of drug-likeness (QED) is 0.0706. The zero-order valence-corrected chi connectivity index (χ0v) is 34.3. The van der Waals surface area contributed by atoms with Gasteiger partial charge in [0.1, 0.15) is 9.81 Å². The standard InChI is InChI=1S/C43H60N4O6S2/c1-3-5-7-15-28-46-42(48)40(54(50,51)38-24-11-9-12-25-38)34-20-17-22-36(32-34)44-30-19-31-45-37-23-18-21-35(33-37)41(43(49)47-29-16-8-6-4-2)55(52,53)39-26-13-10-14-27-39/h9-14,24-27,32-33,44-45H,3-8,15-23,28-31H2,1-2H3,(H,46,48)(H,47,49)/b40-34+,41-35+. The summed E-state index contributed by atoms with van der Waals surface area (Å²) < 4.78 is 55.3. The van der Waals surface area contributed by atoms with Crippen molar-refractivity contribution in [2.45, 2.75) is 120 Å². The number of allylic oxidation sites excluding steroid dienone is 6. The van der Waals surface area contributed by atoms with E-state index in [-0.39, 0.29) is 19.6 Å². The van der Waals surface area contributed by atoms with Crippen LogP contribution in [0, 0.1) is 0 Å². The fraction of sp³-hybridized carbons (Fsp3) is 0.488. The highest BCUT2D eigenvalue weighted by Crippen LogP contribution is 2.31. The lowest BCUT2D eigenvalue weighted by atomic mass is 9.98. The van der Waals surface area contributed by atoms with E-state index in [9.17, 15) is 26.4 Å². The van der Waals surface area contributed by atoms with Crippen molar-refractivity contribution in [3.8, 4) is 0 Å². The monoisotopic (exact) mass is 792 g/mol. The van der Waals surface area contributed by atoms with Crippen LogP contribution in [0.3, 0.4) is 0 Å². The first-order valence-corrected chi connectivity index (χ1v) is 23.1. The molecule has 300 valence electrons. The molecule has 0 spiro atoms. The molecule has 2 aromatic rings. The molecule has 4 N–H and O–H groups in total. The summed E-state index contributed by atoms with van der Waals surface area (Å²) in [6.45, 7) is 6.30. The maximum atomic E-state index is 13.8. The molecule has 2 aliphatic rings. The van der Waals surface area contributed by atoms with Crippen LogP contribution in [0.4, 0.5) is 0 Å². The van der Waals surface area contributed by atoms with Crippen LogP contribution in [0.15, 0.2) is 115 Å². The minimum absolute atomic E-state index is 0.0982. The number of nitrogens with one attached hydrogen (secondary N) is 4. The number of unbranched alkanes of at least 4 members (excludes halogenated alkanes) is 6. The first kappa shape index (κ1) is 43.6. The van der Waals surface area contributed by atoms with E-state index in [1.165, 1.54) is 24.3 Å². The predicted molar refractivity (Wildman–Crippen MR) is 220 cm³/mol. The molecule has 0 saturated carbocycles. The SMILES string of the molecule is CCCCCCNC(=O)/C(=C1\C=C(NCCCNC2=C/C(=C(\C(=O)NCCCCCC)S(=O)(=O)c3ccccc3)CCC2)CCC1)S(=O)(=O)c1ccccc1. The maximum absolute atomic E-state index is 13.8. The third kappa shape index (κ3) is 13.0. The van der Waals surface area contributed by atoms with Crippen molar-refractivity contribution in [3.63, 3.8) is 0 Å². The Balaban J connectivity index is 1.45. The van der Waals surface area contributed by atoms with Gasteiger partial charge in [-0.05, 0) is 105 Å². The van der Waals surface area contributed by atoms with Crippen molar-refractivity contribution in [3.05, 3.63) is 105 Å². The lowest BCUT2D eigenvalue weighted by Gasteiger charge is -2.21. The number of rotatable bonds is 22. The molecular weight excluding hydrogens is 733 g/mol. The van der Waals surface area contributed by atoms with E-state index < -0.39 is 31.5 Å². The Labute approximate surface area is 329 Å². The lowest BCUT2D eigenvalue weighted by Crippen LogP contribution is -2.31. The maximum Gasteiger partial charge on any atom is 0.263 e. The molecule has 0 fully saturated rings. The van der Waals surface area contributed by atoms with Crippen LogP contribution < -0.4 is 21.3 Å². The van der Waals surface area contributed by atoms with E-state index in [1.54, 1.807) is 36.4 Å². The number of carbonyl (C=O) groups is 2. The van der Waals surface area contributed by atoms with E-state index in [4.69, 9.17) is 0 Å². The summed E-state index contributed by atoms with van der Waals surface area (Å²) >= 11 is 0. The topological polar surface area (TPSA) is 151 Å². The first-order valence-electron chi connectivity index (χ1n) is 20.1. The third-order valence-electron chi connectivity index (χ3n) is 9.81. The van der Waals surface area contributed by atoms with Gasteiger partial charge >= 0.3 is 0 Å². The van der Waals surface area contributed by atoms with Gasteiger partial charge in [0.2, 0.25) is 19.7 Å². The van der Waals surface area contributed by atoms with Crippen LogP contribution in [-0.4, -0.2) is 54.8 Å². The van der Waals surface area contributed by atoms with Gasteiger partial charge in [0.05, 0.1) is 9.79 Å². The molecule has 55 heavy (non-hydrogen) atoms. The number of benzene rings is 2. The summed E-state index contributed by atoms with van der Waals surface area (Å²) in [4.78, 5) is 26.8. The molecule has 0 radical (unpaired) electrons. The normalized spacial score (nSPS) is 16.7. The molecule has 4 rings (SSSR count). The number of sulfone groups is 2. The van der Waals surface area contributed by atoms with Crippen molar-refractivity contribution in [2.24, 2.45) is 0 Å². The van der Waals surface area contributed by atoms with Crippen LogP contribution >= 0.6 is 0 Å². The molecule has 2 amide bonds. The first-order chi connectivity index (χ1) is 26.6. The van der Waals surface area contributed by atoms with Crippen LogP contribution in [0.1, 0.15) is 110 Å². The summed E-state index contributed by atoms with van der Waals surface area (Å²) in [6.07, 6.45) is 16.1. The molecule has 0 bridgehead atoms. The highest BCUT2D eigenvalue weighted by molar-refractivity contribution is 7.96. The molecular formula is C43H60N4O6S2. The smallest absolute Gasteiger partial charge is 0.263 e. The highest BCUT2D eigenvalue weighted by atomic mass is 32.2. The van der Waals surface area contributed by atoms with Crippen LogP contribution in [0.2, 0.25) is 0 Å². The molecule has 12 heteroatoms.